The Kier molecular flexibility index (Phi) is 3.32. The van der Waals surface area contributed by atoms with Crippen molar-refractivity contribution in [3.05, 3.63) is 36.2 Å². The number of hydrogen-bond acceptors (Lipinski definition) is 3. The smallest absolute Gasteiger partial charge is 0.165 e. The predicted octanol–water partition coefficient (Wildman–Crippen LogP) is 2.98. The van der Waals surface area contributed by atoms with Gasteiger partial charge in [-0.05, 0) is 31.0 Å². The van der Waals surface area contributed by atoms with Crippen LogP contribution in [-0.2, 0) is 6.54 Å². The summed E-state index contributed by atoms with van der Waals surface area (Å²) in [7, 11) is 0. The van der Waals surface area contributed by atoms with Crippen molar-refractivity contribution in [3.63, 3.8) is 0 Å². The highest BCUT2D eigenvalue weighted by Crippen LogP contribution is 2.27. The van der Waals surface area contributed by atoms with Gasteiger partial charge in [0.25, 0.3) is 0 Å². The molecule has 0 unspecified atom stereocenters. The van der Waals surface area contributed by atoms with E-state index in [1.165, 1.54) is 0 Å². The quantitative estimate of drug-likeness (QED) is 0.823. The lowest BCUT2D eigenvalue weighted by Gasteiger charge is -2.06. The molecule has 2 N–H and O–H groups in total. The van der Waals surface area contributed by atoms with Crippen molar-refractivity contribution >= 4 is 5.69 Å². The summed E-state index contributed by atoms with van der Waals surface area (Å²) in [5.41, 5.74) is 7.61. The van der Waals surface area contributed by atoms with Crippen LogP contribution in [0.1, 0.15) is 18.9 Å². The molecule has 0 atom stereocenters. The summed E-state index contributed by atoms with van der Waals surface area (Å²) >= 11 is 0. The van der Waals surface area contributed by atoms with Gasteiger partial charge in [-0.2, -0.15) is 5.10 Å². The Bertz CT molecular complexity index is 505. The van der Waals surface area contributed by atoms with Crippen LogP contribution in [0.2, 0.25) is 0 Å². The van der Waals surface area contributed by atoms with Crippen LogP contribution < -0.4 is 10.5 Å². The van der Waals surface area contributed by atoms with E-state index in [9.17, 15) is 0 Å². The molecule has 17 heavy (non-hydrogen) atoms. The van der Waals surface area contributed by atoms with E-state index in [1.807, 2.05) is 36.0 Å². The summed E-state index contributed by atoms with van der Waals surface area (Å²) in [5.74, 6) is 1.40. The highest BCUT2D eigenvalue weighted by atomic mass is 16.5. The predicted molar refractivity (Wildman–Crippen MR) is 68.2 cm³/mol. The van der Waals surface area contributed by atoms with Gasteiger partial charge in [-0.3, -0.25) is 4.68 Å². The number of rotatable bonds is 4. The number of nitrogens with zero attached hydrogens (tertiary/aromatic N) is 2. The van der Waals surface area contributed by atoms with Gasteiger partial charge in [0.1, 0.15) is 0 Å². The molecule has 4 nitrogen and oxygen atoms in total. The summed E-state index contributed by atoms with van der Waals surface area (Å²) in [5, 5.41) is 4.21. The lowest BCUT2D eigenvalue weighted by atomic mass is 10.2. The Hall–Kier alpha value is -1.97. The number of benzene rings is 1. The minimum Gasteiger partial charge on any atom is -0.452 e. The topological polar surface area (TPSA) is 53.1 Å². The third-order valence-corrected chi connectivity index (χ3v) is 2.46. The fourth-order valence-electron chi connectivity index (χ4n) is 1.61. The molecule has 0 amide bonds. The molecule has 2 rings (SSSR count). The van der Waals surface area contributed by atoms with E-state index < -0.39 is 0 Å². The third kappa shape index (κ3) is 2.78. The maximum absolute atomic E-state index is 5.85. The van der Waals surface area contributed by atoms with Crippen molar-refractivity contribution in [2.75, 3.05) is 5.73 Å². The van der Waals surface area contributed by atoms with Crippen molar-refractivity contribution in [2.24, 2.45) is 0 Å². The number of nitrogens with two attached hydrogens (primary N) is 1. The molecule has 0 saturated heterocycles. The molecular weight excluding hydrogens is 214 g/mol. The van der Waals surface area contributed by atoms with E-state index in [2.05, 4.69) is 12.0 Å². The fraction of sp³-hybridized carbons (Fsp3) is 0.308. The number of anilines is 1. The number of aromatic nitrogens is 2. The van der Waals surface area contributed by atoms with Gasteiger partial charge in [0, 0.05) is 6.54 Å². The minimum atomic E-state index is 0.638. The molecule has 2 aromatic rings. The van der Waals surface area contributed by atoms with Crippen molar-refractivity contribution < 1.29 is 4.74 Å². The number of hydrogen-bond donors (Lipinski definition) is 1. The van der Waals surface area contributed by atoms with E-state index in [0.717, 1.165) is 24.3 Å². The van der Waals surface area contributed by atoms with Crippen LogP contribution >= 0.6 is 0 Å². The second-order valence-electron chi connectivity index (χ2n) is 4.08. The van der Waals surface area contributed by atoms with Crippen molar-refractivity contribution in [3.8, 4) is 11.5 Å². The second kappa shape index (κ2) is 4.91. The Labute approximate surface area is 101 Å². The highest BCUT2D eigenvalue weighted by Gasteiger charge is 2.04. The highest BCUT2D eigenvalue weighted by molar-refractivity contribution is 5.55. The lowest BCUT2D eigenvalue weighted by molar-refractivity contribution is 0.482. The molecule has 1 heterocycles. The molecule has 0 fully saturated rings. The van der Waals surface area contributed by atoms with Crippen LogP contribution in [0.15, 0.2) is 30.6 Å². The first-order valence-electron chi connectivity index (χ1n) is 5.75. The van der Waals surface area contributed by atoms with Crippen molar-refractivity contribution in [1.29, 1.82) is 0 Å². The molecule has 0 radical (unpaired) electrons. The molecule has 1 aromatic heterocycles. The zero-order valence-electron chi connectivity index (χ0n) is 10.2. The zero-order chi connectivity index (χ0) is 12.3. The van der Waals surface area contributed by atoms with Crippen LogP contribution in [0, 0.1) is 6.92 Å². The van der Waals surface area contributed by atoms with Gasteiger partial charge in [-0.15, -0.1) is 0 Å². The summed E-state index contributed by atoms with van der Waals surface area (Å²) in [6.45, 7) is 5.01. The molecule has 1 aromatic carbocycles. The first kappa shape index (κ1) is 11.5. The molecule has 0 bridgehead atoms. The van der Waals surface area contributed by atoms with Crippen molar-refractivity contribution in [2.45, 2.75) is 26.8 Å². The van der Waals surface area contributed by atoms with Crippen LogP contribution in [0.3, 0.4) is 0 Å². The SMILES string of the molecule is CCCn1cc(Oc2cc(C)ccc2N)cn1. The maximum atomic E-state index is 5.85. The summed E-state index contributed by atoms with van der Waals surface area (Å²) in [4.78, 5) is 0. The Morgan fingerprint density at radius 2 is 2.24 bits per heavy atom. The van der Waals surface area contributed by atoms with Gasteiger partial charge in [0.05, 0.1) is 18.1 Å². The van der Waals surface area contributed by atoms with Crippen LogP contribution in [0.4, 0.5) is 5.69 Å². The summed E-state index contributed by atoms with van der Waals surface area (Å²) in [6, 6.07) is 5.73. The first-order valence-corrected chi connectivity index (χ1v) is 5.75. The largest absolute Gasteiger partial charge is 0.452 e. The van der Waals surface area contributed by atoms with E-state index >= 15 is 0 Å². The van der Waals surface area contributed by atoms with Gasteiger partial charge in [0.2, 0.25) is 0 Å². The number of ether oxygens (including phenoxy) is 1. The Morgan fingerprint density at radius 3 is 3.00 bits per heavy atom. The molecule has 0 aliphatic carbocycles. The Balaban J connectivity index is 2.16. The van der Waals surface area contributed by atoms with Crippen LogP contribution in [0.5, 0.6) is 11.5 Å². The normalized spacial score (nSPS) is 10.5. The number of aryl methyl sites for hydroxylation is 2. The summed E-state index contributed by atoms with van der Waals surface area (Å²) in [6.07, 6.45) is 4.64. The maximum Gasteiger partial charge on any atom is 0.165 e. The molecule has 0 aliphatic heterocycles. The Morgan fingerprint density at radius 1 is 1.41 bits per heavy atom. The van der Waals surface area contributed by atoms with Gasteiger partial charge >= 0.3 is 0 Å². The van der Waals surface area contributed by atoms with Crippen LogP contribution in [0.25, 0.3) is 0 Å². The standard InChI is InChI=1S/C13H17N3O/c1-3-6-16-9-11(8-15-16)17-13-7-10(2)4-5-12(13)14/h4-5,7-9H,3,6,14H2,1-2H3. The van der Waals surface area contributed by atoms with E-state index in [-0.39, 0.29) is 0 Å². The molecule has 4 heteroatoms. The molecule has 0 aliphatic rings. The van der Waals surface area contributed by atoms with E-state index in [4.69, 9.17) is 10.5 Å². The lowest BCUT2D eigenvalue weighted by Crippen LogP contribution is -1.95. The molecule has 90 valence electrons. The monoisotopic (exact) mass is 231 g/mol. The third-order valence-electron chi connectivity index (χ3n) is 2.46. The average Bonchev–Trinajstić information content (AvgIpc) is 2.72. The summed E-state index contributed by atoms with van der Waals surface area (Å²) < 4.78 is 7.57. The number of nitrogen functional groups attached to an aromatic ring is 1. The van der Waals surface area contributed by atoms with Gasteiger partial charge in [0.15, 0.2) is 11.5 Å². The van der Waals surface area contributed by atoms with Crippen LogP contribution in [-0.4, -0.2) is 9.78 Å². The minimum absolute atomic E-state index is 0.638. The molecular formula is C13H17N3O. The average molecular weight is 231 g/mol. The van der Waals surface area contributed by atoms with E-state index in [1.54, 1.807) is 6.20 Å². The van der Waals surface area contributed by atoms with Gasteiger partial charge in [-0.1, -0.05) is 13.0 Å². The molecule has 0 spiro atoms. The van der Waals surface area contributed by atoms with Gasteiger partial charge in [-0.25, -0.2) is 0 Å². The fourth-order valence-corrected chi connectivity index (χ4v) is 1.61. The second-order valence-corrected chi connectivity index (χ2v) is 4.08. The van der Waals surface area contributed by atoms with E-state index in [0.29, 0.717) is 11.4 Å². The van der Waals surface area contributed by atoms with Gasteiger partial charge < -0.3 is 10.5 Å². The molecule has 0 saturated carbocycles. The van der Waals surface area contributed by atoms with Crippen molar-refractivity contribution in [1.82, 2.24) is 9.78 Å². The first-order chi connectivity index (χ1) is 8.19. The zero-order valence-corrected chi connectivity index (χ0v) is 10.2.